The van der Waals surface area contributed by atoms with Gasteiger partial charge in [-0.15, -0.1) is 0 Å². The van der Waals surface area contributed by atoms with Crippen LogP contribution in [0.4, 0.5) is 0 Å². The molecule has 0 radical (unpaired) electrons. The highest BCUT2D eigenvalue weighted by molar-refractivity contribution is 5.85. The third kappa shape index (κ3) is 4.23. The normalized spacial score (nSPS) is 11.3. The summed E-state index contributed by atoms with van der Waals surface area (Å²) in [7, 11) is 0. The number of hydrogen-bond donors (Lipinski definition) is 3. The summed E-state index contributed by atoms with van der Waals surface area (Å²) in [6.45, 7) is 0.248. The van der Waals surface area contributed by atoms with Gasteiger partial charge in [0.2, 0.25) is 5.91 Å². The maximum atomic E-state index is 11.4. The maximum absolute atomic E-state index is 11.4. The molecule has 6 heteroatoms. The number of hydrogen-bond acceptors (Lipinski definition) is 4. The molecule has 1 atom stereocenters. The summed E-state index contributed by atoms with van der Waals surface area (Å²) in [5.74, 6) is -1.63. The second kappa shape index (κ2) is 6.37. The molecule has 1 aromatic rings. The molecule has 1 rings (SSSR count). The molecule has 6 nitrogen and oxygen atoms in total. The van der Waals surface area contributed by atoms with Crippen LogP contribution in [0.25, 0.3) is 0 Å². The Bertz CT molecular complexity index is 476. The van der Waals surface area contributed by atoms with Gasteiger partial charge in [-0.3, -0.25) is 9.59 Å². The lowest BCUT2D eigenvalue weighted by molar-refractivity contribution is -0.139. The SMILES string of the molecule is N#Cc1ccc(CNC(=O)C(N)CC(=O)O)cc1. The first-order valence-electron chi connectivity index (χ1n) is 5.27. The molecule has 0 aromatic heterocycles. The molecule has 0 saturated carbocycles. The summed E-state index contributed by atoms with van der Waals surface area (Å²) in [5, 5.41) is 19.6. The van der Waals surface area contributed by atoms with E-state index in [9.17, 15) is 9.59 Å². The molecule has 1 aromatic carbocycles. The van der Waals surface area contributed by atoms with Crippen molar-refractivity contribution in [2.45, 2.75) is 19.0 Å². The summed E-state index contributed by atoms with van der Waals surface area (Å²) in [4.78, 5) is 21.8. The van der Waals surface area contributed by atoms with Gasteiger partial charge in [-0.1, -0.05) is 12.1 Å². The van der Waals surface area contributed by atoms with Crippen LogP contribution in [0.1, 0.15) is 17.5 Å². The predicted octanol–water partition coefficient (Wildman–Crippen LogP) is -0.0235. The van der Waals surface area contributed by atoms with Crippen LogP contribution in [0.15, 0.2) is 24.3 Å². The van der Waals surface area contributed by atoms with Crippen LogP contribution in [0.2, 0.25) is 0 Å². The van der Waals surface area contributed by atoms with E-state index < -0.39 is 24.3 Å². The zero-order valence-electron chi connectivity index (χ0n) is 9.59. The Morgan fingerprint density at radius 3 is 2.50 bits per heavy atom. The van der Waals surface area contributed by atoms with Gasteiger partial charge in [0, 0.05) is 6.54 Å². The number of nitrogens with one attached hydrogen (secondary N) is 1. The Morgan fingerprint density at radius 1 is 1.39 bits per heavy atom. The molecule has 18 heavy (non-hydrogen) atoms. The van der Waals surface area contributed by atoms with Crippen molar-refractivity contribution in [1.82, 2.24) is 5.32 Å². The fourth-order valence-electron chi connectivity index (χ4n) is 1.30. The van der Waals surface area contributed by atoms with Gasteiger partial charge < -0.3 is 16.2 Å². The van der Waals surface area contributed by atoms with Gasteiger partial charge in [0.15, 0.2) is 0 Å². The number of carbonyl (C=O) groups is 2. The molecule has 4 N–H and O–H groups in total. The van der Waals surface area contributed by atoms with Crippen molar-refractivity contribution in [3.8, 4) is 6.07 Å². The number of nitriles is 1. The summed E-state index contributed by atoms with van der Waals surface area (Å²) >= 11 is 0. The molecular formula is C12H13N3O3. The molecule has 0 fully saturated rings. The van der Waals surface area contributed by atoms with Gasteiger partial charge in [-0.2, -0.15) is 5.26 Å². The minimum absolute atomic E-state index is 0.248. The van der Waals surface area contributed by atoms with E-state index in [0.717, 1.165) is 5.56 Å². The first-order chi connectivity index (χ1) is 8.52. The molecule has 1 unspecified atom stereocenters. The molecule has 1 amide bonds. The number of nitrogens with zero attached hydrogens (tertiary/aromatic N) is 1. The van der Waals surface area contributed by atoms with Crippen molar-refractivity contribution in [1.29, 1.82) is 5.26 Å². The smallest absolute Gasteiger partial charge is 0.305 e. The monoisotopic (exact) mass is 247 g/mol. The minimum Gasteiger partial charge on any atom is -0.481 e. The van der Waals surface area contributed by atoms with E-state index in [1.165, 1.54) is 0 Å². The summed E-state index contributed by atoms with van der Waals surface area (Å²) in [6.07, 6.45) is -0.404. The van der Waals surface area contributed by atoms with Crippen LogP contribution in [0, 0.1) is 11.3 Å². The molecule has 0 aliphatic carbocycles. The Morgan fingerprint density at radius 2 is 2.00 bits per heavy atom. The lowest BCUT2D eigenvalue weighted by atomic mass is 10.1. The molecule has 0 saturated heterocycles. The van der Waals surface area contributed by atoms with Gasteiger partial charge in [0.25, 0.3) is 0 Å². The number of carboxylic acids is 1. The van der Waals surface area contributed by atoms with E-state index in [4.69, 9.17) is 16.1 Å². The van der Waals surface area contributed by atoms with Gasteiger partial charge in [0.05, 0.1) is 24.1 Å². The highest BCUT2D eigenvalue weighted by Gasteiger charge is 2.16. The van der Waals surface area contributed by atoms with Crippen molar-refractivity contribution in [3.05, 3.63) is 35.4 Å². The Balaban J connectivity index is 2.47. The third-order valence-electron chi connectivity index (χ3n) is 2.28. The maximum Gasteiger partial charge on any atom is 0.305 e. The van der Waals surface area contributed by atoms with Gasteiger partial charge in [0.1, 0.15) is 0 Å². The van der Waals surface area contributed by atoms with Crippen molar-refractivity contribution in [2.24, 2.45) is 5.73 Å². The highest BCUT2D eigenvalue weighted by atomic mass is 16.4. The van der Waals surface area contributed by atoms with E-state index in [1.54, 1.807) is 24.3 Å². The average Bonchev–Trinajstić information content (AvgIpc) is 2.35. The molecule has 0 aliphatic rings. The van der Waals surface area contributed by atoms with Crippen LogP contribution in [0.5, 0.6) is 0 Å². The third-order valence-corrected chi connectivity index (χ3v) is 2.28. The van der Waals surface area contributed by atoms with Crippen LogP contribution >= 0.6 is 0 Å². The lowest BCUT2D eigenvalue weighted by Gasteiger charge is -2.10. The second-order valence-corrected chi connectivity index (χ2v) is 3.73. The van der Waals surface area contributed by atoms with Crippen LogP contribution < -0.4 is 11.1 Å². The number of carboxylic acid groups (broad SMARTS) is 1. The van der Waals surface area contributed by atoms with Gasteiger partial charge >= 0.3 is 5.97 Å². The summed E-state index contributed by atoms with van der Waals surface area (Å²) in [6, 6.07) is 7.63. The lowest BCUT2D eigenvalue weighted by Crippen LogP contribution is -2.41. The van der Waals surface area contributed by atoms with Crippen molar-refractivity contribution in [2.75, 3.05) is 0 Å². The van der Waals surface area contributed by atoms with Crippen LogP contribution in [-0.4, -0.2) is 23.0 Å². The standard InChI is InChI=1S/C12H13N3O3/c13-6-8-1-3-9(4-2-8)7-15-12(18)10(14)5-11(16)17/h1-4,10H,5,7,14H2,(H,15,18)(H,16,17). The number of nitrogens with two attached hydrogens (primary N) is 1. The largest absolute Gasteiger partial charge is 0.481 e. The number of aliphatic carboxylic acids is 1. The van der Waals surface area contributed by atoms with Crippen molar-refractivity contribution >= 4 is 11.9 Å². The fraction of sp³-hybridized carbons (Fsp3) is 0.250. The predicted molar refractivity (Wildman–Crippen MR) is 63.2 cm³/mol. The fourth-order valence-corrected chi connectivity index (χ4v) is 1.30. The van der Waals surface area contributed by atoms with Crippen LogP contribution in [-0.2, 0) is 16.1 Å². The van der Waals surface area contributed by atoms with Gasteiger partial charge in [-0.05, 0) is 17.7 Å². The highest BCUT2D eigenvalue weighted by Crippen LogP contribution is 2.03. The topological polar surface area (TPSA) is 116 Å². The Labute approximate surface area is 104 Å². The van der Waals surface area contributed by atoms with E-state index >= 15 is 0 Å². The van der Waals surface area contributed by atoms with Crippen LogP contribution in [0.3, 0.4) is 0 Å². The summed E-state index contributed by atoms with van der Waals surface area (Å²) in [5.41, 5.74) is 6.74. The number of amides is 1. The number of rotatable bonds is 5. The van der Waals surface area contributed by atoms with Crippen molar-refractivity contribution < 1.29 is 14.7 Å². The zero-order valence-corrected chi connectivity index (χ0v) is 9.59. The van der Waals surface area contributed by atoms with E-state index in [2.05, 4.69) is 5.32 Å². The molecule has 0 heterocycles. The number of benzene rings is 1. The Kier molecular flexibility index (Phi) is 4.84. The Hall–Kier alpha value is -2.39. The minimum atomic E-state index is -1.11. The first-order valence-corrected chi connectivity index (χ1v) is 5.27. The van der Waals surface area contributed by atoms with E-state index in [0.29, 0.717) is 5.56 Å². The molecule has 0 aliphatic heterocycles. The quantitative estimate of drug-likeness (QED) is 0.676. The molecule has 0 spiro atoms. The molecular weight excluding hydrogens is 234 g/mol. The van der Waals surface area contributed by atoms with E-state index in [-0.39, 0.29) is 6.54 Å². The molecule has 94 valence electrons. The average molecular weight is 247 g/mol. The summed E-state index contributed by atoms with van der Waals surface area (Å²) < 4.78 is 0. The molecule has 0 bridgehead atoms. The second-order valence-electron chi connectivity index (χ2n) is 3.73. The van der Waals surface area contributed by atoms with Gasteiger partial charge in [-0.25, -0.2) is 0 Å². The zero-order chi connectivity index (χ0) is 13.5. The number of carbonyl (C=O) groups excluding carboxylic acids is 1. The van der Waals surface area contributed by atoms with Crippen molar-refractivity contribution in [3.63, 3.8) is 0 Å². The first kappa shape index (κ1) is 13.7. The van der Waals surface area contributed by atoms with E-state index in [1.807, 2.05) is 6.07 Å².